The summed E-state index contributed by atoms with van der Waals surface area (Å²) in [5.74, 6) is -1.17. The fraction of sp³-hybridized carbons (Fsp3) is 0.920. The molecule has 0 unspecified atom stereocenters. The van der Waals surface area contributed by atoms with Gasteiger partial charge in [0, 0.05) is 37.5 Å². The third kappa shape index (κ3) is 3.38. The van der Waals surface area contributed by atoms with E-state index in [0.717, 1.165) is 11.8 Å². The lowest BCUT2D eigenvalue weighted by Crippen LogP contribution is -2.61. The number of carbonyl (C=O) groups is 2. The number of esters is 2. The van der Waals surface area contributed by atoms with Crippen LogP contribution in [0.4, 0.5) is 0 Å². The Morgan fingerprint density at radius 2 is 1.24 bits per heavy atom. The van der Waals surface area contributed by atoms with Gasteiger partial charge in [-0.3, -0.25) is 9.59 Å². The van der Waals surface area contributed by atoms with Crippen molar-refractivity contribution in [2.45, 2.75) is 89.0 Å². The largest absolute Gasteiger partial charge is 0.465 e. The molecule has 9 heteroatoms. The third-order valence-corrected chi connectivity index (χ3v) is 9.21. The summed E-state index contributed by atoms with van der Waals surface area (Å²) < 4.78 is 29.3. The Morgan fingerprint density at radius 3 is 1.74 bits per heavy atom. The maximum Gasteiger partial charge on any atom is 0.328 e. The van der Waals surface area contributed by atoms with Crippen LogP contribution >= 0.6 is 0 Å². The van der Waals surface area contributed by atoms with Crippen molar-refractivity contribution in [2.24, 2.45) is 29.1 Å². The van der Waals surface area contributed by atoms with Crippen molar-refractivity contribution in [3.05, 3.63) is 0 Å². The lowest BCUT2D eigenvalue weighted by molar-refractivity contribution is -0.395. The molecular formula is C25H36O9. The van der Waals surface area contributed by atoms with Crippen LogP contribution in [0.5, 0.6) is 0 Å². The molecule has 9 nitrogen and oxygen atoms in total. The highest BCUT2D eigenvalue weighted by molar-refractivity contribution is 6.00. The molecule has 34 heavy (non-hydrogen) atoms. The molecule has 4 bridgehead atoms. The van der Waals surface area contributed by atoms with Gasteiger partial charge in [-0.2, -0.15) is 9.78 Å². The summed E-state index contributed by atoms with van der Waals surface area (Å²) in [4.78, 5) is 37.4. The summed E-state index contributed by atoms with van der Waals surface area (Å²) in [6.45, 7) is 3.45. The Balaban J connectivity index is 1.12. The molecule has 7 rings (SSSR count). The van der Waals surface area contributed by atoms with E-state index in [9.17, 15) is 9.59 Å². The zero-order chi connectivity index (χ0) is 23.6. The van der Waals surface area contributed by atoms with E-state index in [2.05, 4.69) is 0 Å². The van der Waals surface area contributed by atoms with Crippen LogP contribution in [0.3, 0.4) is 0 Å². The zero-order valence-corrected chi connectivity index (χ0v) is 20.2. The fourth-order valence-corrected chi connectivity index (χ4v) is 7.55. The first-order valence-electron chi connectivity index (χ1n) is 13.1. The molecule has 2 aliphatic heterocycles. The van der Waals surface area contributed by atoms with E-state index in [1.54, 1.807) is 13.8 Å². The van der Waals surface area contributed by atoms with Crippen LogP contribution in [0.25, 0.3) is 0 Å². The molecule has 7 aliphatic rings. The second-order valence-corrected chi connectivity index (χ2v) is 11.2. The normalized spacial score (nSPS) is 40.6. The maximum absolute atomic E-state index is 12.7. The minimum Gasteiger partial charge on any atom is -0.465 e. The lowest BCUT2D eigenvalue weighted by Gasteiger charge is -2.57. The smallest absolute Gasteiger partial charge is 0.328 e. The maximum atomic E-state index is 12.7. The van der Waals surface area contributed by atoms with Gasteiger partial charge in [-0.25, -0.2) is 0 Å². The van der Waals surface area contributed by atoms with E-state index in [1.165, 1.54) is 32.1 Å². The second kappa shape index (κ2) is 8.13. The Morgan fingerprint density at radius 1 is 0.735 bits per heavy atom. The fourth-order valence-electron chi connectivity index (χ4n) is 7.55. The minimum absolute atomic E-state index is 0.132. The third-order valence-electron chi connectivity index (χ3n) is 9.21. The number of ether oxygens (including phenoxy) is 5. The first kappa shape index (κ1) is 23.2. The average Bonchev–Trinajstić information content (AvgIpc) is 3.21. The topological polar surface area (TPSA) is 98.8 Å². The van der Waals surface area contributed by atoms with Crippen LogP contribution in [-0.4, -0.2) is 55.7 Å². The van der Waals surface area contributed by atoms with Gasteiger partial charge in [-0.1, -0.05) is 0 Å². The van der Waals surface area contributed by atoms with Gasteiger partial charge in [0.1, 0.15) is 0 Å². The molecule has 0 amide bonds. The monoisotopic (exact) mass is 480 g/mol. The van der Waals surface area contributed by atoms with E-state index in [0.29, 0.717) is 37.5 Å². The summed E-state index contributed by atoms with van der Waals surface area (Å²) >= 11 is 0. The average molecular weight is 481 g/mol. The Bertz CT molecular complexity index is 772. The van der Waals surface area contributed by atoms with Gasteiger partial charge in [-0.15, -0.1) is 0 Å². The van der Waals surface area contributed by atoms with Crippen LogP contribution in [0.15, 0.2) is 0 Å². The molecule has 0 atom stereocenters. The molecule has 7 fully saturated rings. The number of rotatable bonds is 4. The van der Waals surface area contributed by atoms with Crippen molar-refractivity contribution >= 4 is 11.9 Å². The Hall–Kier alpha value is -1.26. The SMILES string of the molecule is CCOC(=O)C1(C(=O)OCC)COC2(CCC3(CC2)OOC2(O3)C3CC4CC(C3)CC2C4)OC1. The highest BCUT2D eigenvalue weighted by Gasteiger charge is 2.68. The molecule has 190 valence electrons. The number of hydrogen-bond donors (Lipinski definition) is 0. The van der Waals surface area contributed by atoms with Crippen molar-refractivity contribution in [3.8, 4) is 0 Å². The van der Waals surface area contributed by atoms with Crippen LogP contribution in [-0.2, 0) is 43.0 Å². The Labute approximate surface area is 200 Å². The molecule has 0 aromatic carbocycles. The predicted octanol–water partition coefficient (Wildman–Crippen LogP) is 3.24. The molecule has 2 heterocycles. The first-order valence-corrected chi connectivity index (χ1v) is 13.1. The van der Waals surface area contributed by atoms with E-state index < -0.39 is 34.7 Å². The summed E-state index contributed by atoms with van der Waals surface area (Å²) in [7, 11) is 0. The lowest BCUT2D eigenvalue weighted by atomic mass is 9.53. The summed E-state index contributed by atoms with van der Waals surface area (Å²) in [6.07, 6.45) is 8.23. The highest BCUT2D eigenvalue weighted by Crippen LogP contribution is 2.64. The molecule has 0 N–H and O–H groups in total. The first-order chi connectivity index (χ1) is 16.4. The summed E-state index contributed by atoms with van der Waals surface area (Å²) in [5, 5.41) is 0. The van der Waals surface area contributed by atoms with Crippen molar-refractivity contribution in [2.75, 3.05) is 26.4 Å². The minimum atomic E-state index is -1.60. The van der Waals surface area contributed by atoms with E-state index in [4.69, 9.17) is 33.5 Å². The Kier molecular flexibility index (Phi) is 5.54. The van der Waals surface area contributed by atoms with E-state index in [1.807, 2.05) is 0 Å². The standard InChI is InChI=1S/C25H36O9/c1-3-28-20(26)22(21(27)29-4-2)14-30-23(31-15-22)5-7-24(8-6-23)32-25(34-33-24)18-10-16-9-17(12-18)13-19(25)11-16/h16-19H,3-15H2,1-2H3. The van der Waals surface area contributed by atoms with Crippen LogP contribution in [0.2, 0.25) is 0 Å². The van der Waals surface area contributed by atoms with Crippen molar-refractivity contribution < 1.29 is 43.0 Å². The molecular weight excluding hydrogens is 444 g/mol. The molecule has 5 aliphatic carbocycles. The molecule has 2 saturated heterocycles. The molecule has 0 aromatic rings. The van der Waals surface area contributed by atoms with Gasteiger partial charge in [0.2, 0.25) is 17.0 Å². The zero-order valence-electron chi connectivity index (χ0n) is 20.2. The van der Waals surface area contributed by atoms with Gasteiger partial charge in [0.15, 0.2) is 5.79 Å². The van der Waals surface area contributed by atoms with Crippen molar-refractivity contribution in [1.29, 1.82) is 0 Å². The van der Waals surface area contributed by atoms with Gasteiger partial charge >= 0.3 is 11.9 Å². The quantitative estimate of drug-likeness (QED) is 0.341. The van der Waals surface area contributed by atoms with Gasteiger partial charge in [0.25, 0.3) is 0 Å². The van der Waals surface area contributed by atoms with Crippen molar-refractivity contribution in [3.63, 3.8) is 0 Å². The van der Waals surface area contributed by atoms with Gasteiger partial charge in [0.05, 0.1) is 26.4 Å². The molecule has 0 aromatic heterocycles. The van der Waals surface area contributed by atoms with E-state index >= 15 is 0 Å². The summed E-state index contributed by atoms with van der Waals surface area (Å²) in [5.41, 5.74) is -1.60. The molecule has 0 radical (unpaired) electrons. The number of carbonyl (C=O) groups excluding carboxylic acids is 2. The van der Waals surface area contributed by atoms with Crippen LogP contribution in [0.1, 0.15) is 71.6 Å². The predicted molar refractivity (Wildman–Crippen MR) is 115 cm³/mol. The van der Waals surface area contributed by atoms with Crippen LogP contribution in [0, 0.1) is 29.1 Å². The van der Waals surface area contributed by atoms with E-state index in [-0.39, 0.29) is 26.4 Å². The highest BCUT2D eigenvalue weighted by atomic mass is 17.3. The van der Waals surface area contributed by atoms with Crippen LogP contribution < -0.4 is 0 Å². The summed E-state index contributed by atoms with van der Waals surface area (Å²) in [6, 6.07) is 0. The second-order valence-electron chi connectivity index (χ2n) is 11.2. The van der Waals surface area contributed by atoms with Gasteiger partial charge < -0.3 is 23.7 Å². The van der Waals surface area contributed by atoms with Crippen molar-refractivity contribution in [1.82, 2.24) is 0 Å². The number of hydrogen-bond acceptors (Lipinski definition) is 9. The van der Waals surface area contributed by atoms with Gasteiger partial charge in [-0.05, 0) is 57.8 Å². The molecule has 3 spiro atoms. The molecule has 5 saturated carbocycles.